The molecule has 0 bridgehead atoms. The molecular weight excluding hydrogens is 853 g/mol. The van der Waals surface area contributed by atoms with E-state index in [1.807, 2.05) is 33.9 Å². The Bertz CT molecular complexity index is 756. The molecule has 0 spiro atoms. The van der Waals surface area contributed by atoms with Crippen molar-refractivity contribution in [3.05, 3.63) is 0 Å². The van der Waals surface area contributed by atoms with Gasteiger partial charge in [0.25, 0.3) is 0 Å². The van der Waals surface area contributed by atoms with Crippen LogP contribution in [0.25, 0.3) is 0 Å². The van der Waals surface area contributed by atoms with Gasteiger partial charge in [0.05, 0.1) is 72.3 Å². The molecule has 0 heterocycles. The fourth-order valence-corrected chi connectivity index (χ4v) is 9.60. The molecule has 14 heteroatoms. The van der Waals surface area contributed by atoms with E-state index in [9.17, 15) is 0 Å². The maximum Gasteiger partial charge on any atom is 0.215 e. The number of unbranched alkanes of at least 4 members (excludes halogenated alkanes) is 24. The molecular formula is C50H104O12SSi. The summed E-state index contributed by atoms with van der Waals surface area (Å²) < 4.78 is 40.9. The van der Waals surface area contributed by atoms with E-state index in [-0.39, 0.29) is 0 Å². The predicted octanol–water partition coefficient (Wildman–Crippen LogP) is 11.8. The van der Waals surface area contributed by atoms with E-state index in [2.05, 4.69) is 33.0 Å². The van der Waals surface area contributed by atoms with Crippen LogP contribution in [-0.4, -0.2) is 134 Å². The summed E-state index contributed by atoms with van der Waals surface area (Å²) in [5.74, 6) is 0.893. The summed E-state index contributed by atoms with van der Waals surface area (Å²) in [6.07, 6.45) is 37.6. The first-order valence-electron chi connectivity index (χ1n) is 24.8. The number of carbonyl (C=O) groups excluding carboxylic acids is 5. The van der Waals surface area contributed by atoms with E-state index in [1.165, 1.54) is 154 Å². The summed E-state index contributed by atoms with van der Waals surface area (Å²) in [5, 5.41) is 0. The summed E-state index contributed by atoms with van der Waals surface area (Å²) in [6, 6.07) is 1.08. The van der Waals surface area contributed by atoms with Crippen LogP contribution in [-0.2, 0) is 56.8 Å². The number of hydrogen-bond donors (Lipinski definition) is 1. The molecule has 0 radical (unpaired) electrons. The van der Waals surface area contributed by atoms with Gasteiger partial charge in [0.15, 0.2) is 0 Å². The van der Waals surface area contributed by atoms with Crippen molar-refractivity contribution in [1.29, 1.82) is 0 Å². The fourth-order valence-electron chi connectivity index (χ4n) is 6.70. The third-order valence-electron chi connectivity index (χ3n) is 10.2. The van der Waals surface area contributed by atoms with E-state index in [4.69, 9.17) is 56.8 Å². The van der Waals surface area contributed by atoms with Gasteiger partial charge in [-0.1, -0.05) is 168 Å². The van der Waals surface area contributed by atoms with E-state index in [1.54, 1.807) is 0 Å². The van der Waals surface area contributed by atoms with Gasteiger partial charge < -0.3 is 56.8 Å². The molecule has 0 aromatic carbocycles. The Morgan fingerprint density at radius 2 is 0.547 bits per heavy atom. The molecule has 1 atom stereocenters. The summed E-state index contributed by atoms with van der Waals surface area (Å²) >= 11 is 4.44. The third kappa shape index (κ3) is 75.0. The minimum Gasteiger partial charge on any atom is -0.412 e. The number of ether oxygens (including phenoxy) is 6. The van der Waals surface area contributed by atoms with Gasteiger partial charge in [-0.2, -0.15) is 12.6 Å². The standard InChI is InChI=1S/C45H94O7SSi.5CH2O/c1-4-6-8-10-12-14-16-17-18-19-21-23-25-27-29-32-51-45-54(3,44-30-43-53)52-42-41-50-40-39-49-38-37-48-36-35-47-34-33-46-31-28-26-24-22-20-15-13-11-9-7-5-2;5*1-2/h53H,4-45H2,1-3H3;5*1H2. The van der Waals surface area contributed by atoms with Crippen LogP contribution in [0.1, 0.15) is 187 Å². The topological polar surface area (TPSA) is 150 Å². The number of rotatable bonds is 49. The first-order chi connectivity index (χ1) is 31.7. The Hall–Kier alpha value is -1.36. The first kappa shape index (κ1) is 74.2. The summed E-state index contributed by atoms with van der Waals surface area (Å²) in [4.78, 5) is 40.0. The zero-order valence-electron chi connectivity index (χ0n) is 42.1. The fraction of sp³-hybridized carbons (Fsp3) is 0.900. The normalized spacial score (nSPS) is 11.2. The minimum atomic E-state index is -1.92. The van der Waals surface area contributed by atoms with Gasteiger partial charge in [-0.15, -0.1) is 0 Å². The Balaban J connectivity index is -0.000000780. The zero-order valence-corrected chi connectivity index (χ0v) is 44.0. The molecule has 0 rings (SSSR count). The minimum absolute atomic E-state index is 0.563. The Labute approximate surface area is 401 Å². The lowest BCUT2D eigenvalue weighted by Crippen LogP contribution is -2.41. The monoisotopic (exact) mass is 957 g/mol. The second kappa shape index (κ2) is 78.8. The van der Waals surface area contributed by atoms with Crippen molar-refractivity contribution < 1.29 is 56.8 Å². The van der Waals surface area contributed by atoms with Gasteiger partial charge in [-0.25, -0.2) is 0 Å². The highest BCUT2D eigenvalue weighted by Crippen LogP contribution is 2.17. The first-order valence-corrected chi connectivity index (χ1v) is 28.3. The average Bonchev–Trinajstić information content (AvgIpc) is 3.34. The van der Waals surface area contributed by atoms with Crippen LogP contribution < -0.4 is 0 Å². The van der Waals surface area contributed by atoms with Crippen LogP contribution in [0.15, 0.2) is 0 Å². The summed E-state index contributed by atoms with van der Waals surface area (Å²) in [5.41, 5.74) is 0. The van der Waals surface area contributed by atoms with Gasteiger partial charge >= 0.3 is 0 Å². The number of carbonyl (C=O) groups is 5. The summed E-state index contributed by atoms with van der Waals surface area (Å²) in [6.45, 7) is 24.5. The molecule has 0 aliphatic heterocycles. The molecule has 64 heavy (non-hydrogen) atoms. The second-order valence-electron chi connectivity index (χ2n) is 15.7. The maximum absolute atomic E-state index is 8.00. The highest BCUT2D eigenvalue weighted by molar-refractivity contribution is 7.80. The second-order valence-corrected chi connectivity index (χ2v) is 20.1. The lowest BCUT2D eigenvalue weighted by Gasteiger charge is -2.27. The van der Waals surface area contributed by atoms with Crippen LogP contribution >= 0.6 is 12.6 Å². The zero-order chi connectivity index (χ0) is 49.1. The van der Waals surface area contributed by atoms with Crippen LogP contribution in [0.5, 0.6) is 0 Å². The lowest BCUT2D eigenvalue weighted by molar-refractivity contribution is -0.0987. The van der Waals surface area contributed by atoms with Crippen molar-refractivity contribution in [2.75, 3.05) is 91.3 Å². The van der Waals surface area contributed by atoms with Gasteiger partial charge in [0.1, 0.15) is 33.9 Å². The van der Waals surface area contributed by atoms with E-state index in [0.29, 0.717) is 66.1 Å². The molecule has 0 aromatic heterocycles. The van der Waals surface area contributed by atoms with Crippen LogP contribution in [0.3, 0.4) is 0 Å². The highest BCUT2D eigenvalue weighted by Gasteiger charge is 2.29. The largest absolute Gasteiger partial charge is 0.412 e. The van der Waals surface area contributed by atoms with Crippen molar-refractivity contribution in [3.8, 4) is 0 Å². The van der Waals surface area contributed by atoms with Crippen molar-refractivity contribution in [2.24, 2.45) is 0 Å². The average molecular weight is 958 g/mol. The molecule has 0 N–H and O–H groups in total. The highest BCUT2D eigenvalue weighted by atomic mass is 32.1. The third-order valence-corrected chi connectivity index (χ3v) is 13.7. The number of hydrogen-bond acceptors (Lipinski definition) is 13. The van der Waals surface area contributed by atoms with E-state index < -0.39 is 8.32 Å². The van der Waals surface area contributed by atoms with Gasteiger partial charge in [-0.3, -0.25) is 0 Å². The van der Waals surface area contributed by atoms with Gasteiger partial charge in [0.2, 0.25) is 8.32 Å². The molecule has 0 aliphatic rings. The molecule has 12 nitrogen and oxygen atoms in total. The van der Waals surface area contributed by atoms with Gasteiger partial charge in [-0.05, 0) is 37.6 Å². The SMILES string of the molecule is C=O.C=O.C=O.C=O.C=O.CCCCCCCCCCCCCCCCCOC[Si](C)(CCCS)OCCOCCOCCOCCOCCOCCCCCCCCCCCCC. The van der Waals surface area contributed by atoms with Crippen LogP contribution in [0.4, 0.5) is 0 Å². The van der Waals surface area contributed by atoms with Crippen molar-refractivity contribution >= 4 is 54.9 Å². The molecule has 0 saturated heterocycles. The molecule has 386 valence electrons. The van der Waals surface area contributed by atoms with Crippen LogP contribution in [0, 0.1) is 0 Å². The predicted molar refractivity (Wildman–Crippen MR) is 273 cm³/mol. The molecule has 1 unspecified atom stereocenters. The molecule has 0 aliphatic carbocycles. The maximum atomic E-state index is 8.00. The smallest absolute Gasteiger partial charge is 0.215 e. The quantitative estimate of drug-likeness (QED) is 0.0351. The molecule has 0 aromatic rings. The van der Waals surface area contributed by atoms with Gasteiger partial charge in [0, 0.05) is 13.2 Å². The Morgan fingerprint density at radius 3 is 0.828 bits per heavy atom. The molecule has 0 saturated carbocycles. The van der Waals surface area contributed by atoms with E-state index >= 15 is 0 Å². The van der Waals surface area contributed by atoms with E-state index in [0.717, 1.165) is 50.5 Å². The van der Waals surface area contributed by atoms with Crippen molar-refractivity contribution in [1.82, 2.24) is 0 Å². The molecule has 0 fully saturated rings. The lowest BCUT2D eigenvalue weighted by atomic mass is 10.0. The van der Waals surface area contributed by atoms with Crippen molar-refractivity contribution in [2.45, 2.75) is 200 Å². The number of thiol groups is 1. The van der Waals surface area contributed by atoms with Crippen LogP contribution in [0.2, 0.25) is 12.6 Å². The van der Waals surface area contributed by atoms with Crippen molar-refractivity contribution in [3.63, 3.8) is 0 Å². The summed E-state index contributed by atoms with van der Waals surface area (Å²) in [7, 11) is -1.92. The Kier molecular flexibility index (Phi) is 91.3. The Morgan fingerprint density at radius 1 is 0.312 bits per heavy atom. The molecule has 0 amide bonds.